The molecule has 2 heterocycles. The standard InChI is InChI=1S/C29H31N2O.BrH/c30-23-29(26-12-6-2-7-13-26,27-14-8-3-9-15-27)28-16-18-31(24-28,19-17-28)20-21-32-22-25-10-4-1-5-11-25;/h1-15H,16-22,24H2;1H/q+1;/p-1. The Kier molecular flexibility index (Phi) is 7.05. The smallest absolute Gasteiger partial charge is 0.118 e. The van der Waals surface area contributed by atoms with Gasteiger partial charge in [-0.2, -0.15) is 5.26 Å². The number of nitrogens with zero attached hydrogens (tertiary/aromatic N) is 2. The molecule has 33 heavy (non-hydrogen) atoms. The molecular formula is C29H31BrN2O. The van der Waals surface area contributed by atoms with Gasteiger partial charge in [-0.1, -0.05) is 91.0 Å². The molecule has 2 aliphatic heterocycles. The van der Waals surface area contributed by atoms with Crippen molar-refractivity contribution in [3.8, 4) is 6.07 Å². The SMILES string of the molecule is N#CC(c1ccccc1)(c1ccccc1)C12CC[N+](CCOCc3ccccc3)(CC1)C2.[Br-]. The molecule has 5 rings (SSSR count). The van der Waals surface area contributed by atoms with Gasteiger partial charge in [0.1, 0.15) is 12.0 Å². The third kappa shape index (κ3) is 4.15. The maximum atomic E-state index is 10.8. The highest BCUT2D eigenvalue weighted by Gasteiger charge is 2.66. The molecule has 3 nitrogen and oxygen atoms in total. The quantitative estimate of drug-likeness (QED) is 0.349. The van der Waals surface area contributed by atoms with Crippen LogP contribution in [0.1, 0.15) is 29.5 Å². The molecule has 0 spiro atoms. The number of piperidine rings is 1. The van der Waals surface area contributed by atoms with Crippen molar-refractivity contribution in [2.45, 2.75) is 24.9 Å². The molecular weight excluding hydrogens is 472 g/mol. The summed E-state index contributed by atoms with van der Waals surface area (Å²) in [6, 6.07) is 34.3. The van der Waals surface area contributed by atoms with Gasteiger partial charge in [0.15, 0.2) is 0 Å². The van der Waals surface area contributed by atoms with Crippen molar-refractivity contribution in [2.75, 3.05) is 32.8 Å². The molecule has 0 aliphatic carbocycles. The second-order valence-electron chi connectivity index (χ2n) is 9.58. The summed E-state index contributed by atoms with van der Waals surface area (Å²) in [5.41, 5.74) is 2.84. The molecule has 170 valence electrons. The van der Waals surface area contributed by atoms with Crippen molar-refractivity contribution in [1.82, 2.24) is 0 Å². The fraction of sp³-hybridized carbons (Fsp3) is 0.345. The number of hydrogen-bond acceptors (Lipinski definition) is 2. The van der Waals surface area contributed by atoms with Crippen LogP contribution in [0.2, 0.25) is 0 Å². The zero-order chi connectivity index (χ0) is 21.9. The van der Waals surface area contributed by atoms with Gasteiger partial charge in [-0.15, -0.1) is 0 Å². The van der Waals surface area contributed by atoms with Crippen LogP contribution in [0.4, 0.5) is 0 Å². The van der Waals surface area contributed by atoms with Crippen molar-refractivity contribution in [2.24, 2.45) is 5.41 Å². The van der Waals surface area contributed by atoms with Crippen molar-refractivity contribution < 1.29 is 26.2 Å². The first-order valence-electron chi connectivity index (χ1n) is 11.7. The predicted molar refractivity (Wildman–Crippen MR) is 127 cm³/mol. The minimum atomic E-state index is -0.614. The molecule has 3 aromatic carbocycles. The van der Waals surface area contributed by atoms with Crippen LogP contribution in [0.5, 0.6) is 0 Å². The zero-order valence-corrected chi connectivity index (χ0v) is 20.6. The summed E-state index contributed by atoms with van der Waals surface area (Å²) in [7, 11) is 0. The minimum absolute atomic E-state index is 0. The van der Waals surface area contributed by atoms with E-state index < -0.39 is 5.41 Å². The van der Waals surface area contributed by atoms with Crippen LogP contribution in [0.25, 0.3) is 0 Å². The Morgan fingerprint density at radius 2 is 1.33 bits per heavy atom. The molecule has 0 radical (unpaired) electrons. The monoisotopic (exact) mass is 502 g/mol. The highest BCUT2D eigenvalue weighted by atomic mass is 79.9. The van der Waals surface area contributed by atoms with E-state index >= 15 is 0 Å². The van der Waals surface area contributed by atoms with E-state index in [2.05, 4.69) is 78.9 Å². The van der Waals surface area contributed by atoms with Crippen molar-refractivity contribution >= 4 is 0 Å². The van der Waals surface area contributed by atoms with Crippen LogP contribution in [-0.4, -0.2) is 37.3 Å². The molecule has 2 aliphatic rings. The summed E-state index contributed by atoms with van der Waals surface area (Å²) in [6.07, 6.45) is 2.17. The largest absolute Gasteiger partial charge is 1.00 e. The second kappa shape index (κ2) is 9.81. The van der Waals surface area contributed by atoms with Crippen molar-refractivity contribution in [3.63, 3.8) is 0 Å². The first kappa shape index (κ1) is 23.7. The van der Waals surface area contributed by atoms with Crippen LogP contribution < -0.4 is 17.0 Å². The van der Waals surface area contributed by atoms with Gasteiger partial charge in [0.2, 0.25) is 0 Å². The average molecular weight is 503 g/mol. The van der Waals surface area contributed by atoms with Crippen LogP contribution in [-0.2, 0) is 16.8 Å². The van der Waals surface area contributed by atoms with Gasteiger partial charge < -0.3 is 26.2 Å². The number of quaternary nitrogens is 1. The normalized spacial score (nSPS) is 23.6. The first-order valence-corrected chi connectivity index (χ1v) is 11.7. The lowest BCUT2D eigenvalue weighted by Crippen LogP contribution is -3.00. The lowest BCUT2D eigenvalue weighted by atomic mass is 9.56. The van der Waals surface area contributed by atoms with Gasteiger partial charge in [-0.05, 0) is 16.7 Å². The van der Waals surface area contributed by atoms with Gasteiger partial charge >= 0.3 is 0 Å². The molecule has 2 fully saturated rings. The van der Waals surface area contributed by atoms with Crippen LogP contribution in [0.3, 0.4) is 0 Å². The number of ether oxygens (including phenoxy) is 1. The van der Waals surface area contributed by atoms with E-state index in [9.17, 15) is 5.26 Å². The number of nitriles is 1. The molecule has 0 amide bonds. The highest BCUT2D eigenvalue weighted by Crippen LogP contribution is 2.59. The molecule has 3 aromatic rings. The van der Waals surface area contributed by atoms with Crippen LogP contribution >= 0.6 is 0 Å². The maximum absolute atomic E-state index is 10.8. The molecule has 4 heteroatoms. The number of fused-ring (bicyclic) bond motifs is 2. The summed E-state index contributed by atoms with van der Waals surface area (Å²) in [4.78, 5) is 0. The van der Waals surface area contributed by atoms with Crippen LogP contribution in [0, 0.1) is 16.7 Å². The number of benzene rings is 3. The summed E-state index contributed by atoms with van der Waals surface area (Å²) < 4.78 is 7.14. The molecule has 0 aromatic heterocycles. The number of rotatable bonds is 8. The Morgan fingerprint density at radius 1 is 0.818 bits per heavy atom. The minimum Gasteiger partial charge on any atom is -1.00 e. The molecule has 0 saturated carbocycles. The van der Waals surface area contributed by atoms with E-state index in [0.717, 1.165) is 61.2 Å². The predicted octanol–water partition coefficient (Wildman–Crippen LogP) is 2.33. The Bertz CT molecular complexity index is 1030. The topological polar surface area (TPSA) is 33.0 Å². The van der Waals surface area contributed by atoms with E-state index in [1.54, 1.807) is 0 Å². The van der Waals surface area contributed by atoms with E-state index in [1.165, 1.54) is 5.56 Å². The molecule has 0 atom stereocenters. The molecule has 0 unspecified atom stereocenters. The van der Waals surface area contributed by atoms with Crippen LogP contribution in [0.15, 0.2) is 91.0 Å². The van der Waals surface area contributed by atoms with E-state index in [4.69, 9.17) is 4.74 Å². The van der Waals surface area contributed by atoms with Gasteiger partial charge in [0.05, 0.1) is 44.3 Å². The number of halogens is 1. The van der Waals surface area contributed by atoms with Gasteiger partial charge in [0.25, 0.3) is 0 Å². The molecule has 2 bridgehead atoms. The summed E-state index contributed by atoms with van der Waals surface area (Å²) in [5.74, 6) is 0. The Labute approximate surface area is 208 Å². The second-order valence-corrected chi connectivity index (χ2v) is 9.58. The van der Waals surface area contributed by atoms with Gasteiger partial charge in [-0.25, -0.2) is 0 Å². The molecule has 2 saturated heterocycles. The first-order chi connectivity index (χ1) is 15.7. The van der Waals surface area contributed by atoms with E-state index in [-0.39, 0.29) is 22.4 Å². The summed E-state index contributed by atoms with van der Waals surface area (Å²) in [6.45, 7) is 5.79. The Morgan fingerprint density at radius 3 is 1.85 bits per heavy atom. The van der Waals surface area contributed by atoms with Gasteiger partial charge in [-0.3, -0.25) is 0 Å². The fourth-order valence-corrected chi connectivity index (χ4v) is 6.32. The zero-order valence-electron chi connectivity index (χ0n) is 19.0. The molecule has 0 N–H and O–H groups in total. The fourth-order valence-electron chi connectivity index (χ4n) is 6.32. The highest BCUT2D eigenvalue weighted by molar-refractivity contribution is 5.49. The van der Waals surface area contributed by atoms with E-state index in [0.29, 0.717) is 6.61 Å². The maximum Gasteiger partial charge on any atom is 0.118 e. The lowest BCUT2D eigenvalue weighted by molar-refractivity contribution is -0.910. The number of hydrogen-bond donors (Lipinski definition) is 0. The average Bonchev–Trinajstić information content (AvgIpc) is 3.43. The third-order valence-corrected chi connectivity index (χ3v) is 7.97. The van der Waals surface area contributed by atoms with E-state index in [1.807, 2.05) is 18.2 Å². The van der Waals surface area contributed by atoms with Crippen molar-refractivity contribution in [3.05, 3.63) is 108 Å². The van der Waals surface area contributed by atoms with Gasteiger partial charge in [0, 0.05) is 12.8 Å². The lowest BCUT2D eigenvalue weighted by Gasteiger charge is -2.41. The summed E-state index contributed by atoms with van der Waals surface area (Å²) in [5, 5.41) is 10.8. The summed E-state index contributed by atoms with van der Waals surface area (Å²) >= 11 is 0. The third-order valence-electron chi connectivity index (χ3n) is 7.97. The Balaban J connectivity index is 0.00000259. The Hall–Kier alpha value is -2.45. The van der Waals surface area contributed by atoms with Crippen molar-refractivity contribution in [1.29, 1.82) is 5.26 Å².